The summed E-state index contributed by atoms with van der Waals surface area (Å²) in [6.45, 7) is 6.13. The van der Waals surface area contributed by atoms with Gasteiger partial charge in [0.25, 0.3) is 5.91 Å². The fourth-order valence-electron chi connectivity index (χ4n) is 3.32. The molecule has 0 bridgehead atoms. The second-order valence-electron chi connectivity index (χ2n) is 6.50. The molecule has 1 saturated heterocycles. The van der Waals surface area contributed by atoms with Gasteiger partial charge in [-0.2, -0.15) is 0 Å². The van der Waals surface area contributed by atoms with Gasteiger partial charge in [0.2, 0.25) is 5.91 Å². The third-order valence-corrected chi connectivity index (χ3v) is 4.58. The van der Waals surface area contributed by atoms with Crippen LogP contribution in [0.1, 0.15) is 36.0 Å². The van der Waals surface area contributed by atoms with E-state index in [1.54, 1.807) is 17.9 Å². The smallest absolute Gasteiger partial charge is 0.273 e. The maximum atomic E-state index is 12.4. The number of amides is 2. The van der Waals surface area contributed by atoms with Crippen molar-refractivity contribution in [2.75, 3.05) is 19.6 Å². The van der Waals surface area contributed by atoms with Gasteiger partial charge in [0, 0.05) is 32.2 Å². The van der Waals surface area contributed by atoms with Crippen molar-refractivity contribution in [1.82, 2.24) is 40.7 Å². The van der Waals surface area contributed by atoms with E-state index in [-0.39, 0.29) is 29.6 Å². The highest BCUT2D eigenvalue weighted by Gasteiger charge is 2.37. The first kappa shape index (κ1) is 19.0. The third-order valence-electron chi connectivity index (χ3n) is 4.58. The molecule has 2 amide bonds. The summed E-state index contributed by atoms with van der Waals surface area (Å²) in [6, 6.07) is -0.406. The van der Waals surface area contributed by atoms with Crippen LogP contribution < -0.4 is 10.6 Å². The van der Waals surface area contributed by atoms with E-state index < -0.39 is 0 Å². The fraction of sp³-hybridized carbons (Fsp3) is 0.625. The summed E-state index contributed by atoms with van der Waals surface area (Å²) in [5.41, 5.74) is 0.279. The van der Waals surface area contributed by atoms with Crippen molar-refractivity contribution in [3.63, 3.8) is 0 Å². The quantitative estimate of drug-likeness (QED) is 0.622. The number of hydrogen-bond donors (Lipinski definition) is 2. The van der Waals surface area contributed by atoms with Crippen LogP contribution in [0.5, 0.6) is 0 Å². The molecule has 0 aromatic carbocycles. The number of likely N-dealkylation sites (tertiary alicyclic amines) is 1. The lowest BCUT2D eigenvalue weighted by molar-refractivity contribution is -0.125. The monoisotopic (exact) mass is 376 g/mol. The van der Waals surface area contributed by atoms with Crippen molar-refractivity contribution in [3.8, 4) is 0 Å². The number of likely N-dealkylation sites (N-methyl/N-ethyl adjacent to an activating group) is 1. The molecule has 27 heavy (non-hydrogen) atoms. The molecule has 0 radical (unpaired) electrons. The molecule has 3 heterocycles. The van der Waals surface area contributed by atoms with Crippen molar-refractivity contribution < 1.29 is 14.0 Å². The Kier molecular flexibility index (Phi) is 6.12. The second kappa shape index (κ2) is 8.71. The van der Waals surface area contributed by atoms with Gasteiger partial charge in [-0.3, -0.25) is 14.5 Å². The molecule has 0 spiro atoms. The molecule has 11 nitrogen and oxygen atoms in total. The van der Waals surface area contributed by atoms with Gasteiger partial charge in [-0.15, -0.1) is 5.10 Å². The number of nitrogens with one attached hydrogen (secondary N) is 2. The average Bonchev–Trinajstić information content (AvgIpc) is 3.36. The van der Waals surface area contributed by atoms with Gasteiger partial charge in [-0.1, -0.05) is 0 Å². The maximum Gasteiger partial charge on any atom is 0.273 e. The van der Waals surface area contributed by atoms with Crippen LogP contribution in [0, 0.1) is 6.92 Å². The first-order chi connectivity index (χ1) is 13.1. The summed E-state index contributed by atoms with van der Waals surface area (Å²) in [5, 5.41) is 16.9. The molecule has 2 atom stereocenters. The Morgan fingerprint density at radius 2 is 2.22 bits per heavy atom. The number of tetrazole rings is 1. The van der Waals surface area contributed by atoms with E-state index in [9.17, 15) is 9.59 Å². The van der Waals surface area contributed by atoms with Crippen molar-refractivity contribution in [2.45, 2.75) is 45.3 Å². The zero-order valence-corrected chi connectivity index (χ0v) is 15.5. The molecule has 0 unspecified atom stereocenters. The number of hydrogen-bond acceptors (Lipinski definition) is 8. The number of nitrogens with zero attached hydrogens (tertiary/aromatic N) is 6. The van der Waals surface area contributed by atoms with Crippen LogP contribution in [0.4, 0.5) is 0 Å². The molecule has 0 saturated carbocycles. The van der Waals surface area contributed by atoms with Crippen molar-refractivity contribution >= 4 is 11.8 Å². The molecule has 1 fully saturated rings. The number of aromatic nitrogens is 5. The second-order valence-corrected chi connectivity index (χ2v) is 6.50. The molecular weight excluding hydrogens is 352 g/mol. The minimum atomic E-state index is -0.281. The summed E-state index contributed by atoms with van der Waals surface area (Å²) < 4.78 is 6.74. The summed E-state index contributed by atoms with van der Waals surface area (Å²) in [6.07, 6.45) is 4.17. The molecule has 11 heteroatoms. The fourth-order valence-corrected chi connectivity index (χ4v) is 3.32. The topological polar surface area (TPSA) is 131 Å². The Hall–Kier alpha value is -2.82. The lowest BCUT2D eigenvalue weighted by atomic mass is 10.1. The molecule has 2 aromatic rings. The van der Waals surface area contributed by atoms with Crippen LogP contribution in [-0.2, 0) is 11.3 Å². The molecular formula is C16H24N8O3. The number of carbonyl (C=O) groups is 2. The van der Waals surface area contributed by atoms with Crippen molar-refractivity contribution in [2.24, 2.45) is 0 Å². The van der Waals surface area contributed by atoms with Crippen LogP contribution >= 0.6 is 0 Å². The zero-order valence-electron chi connectivity index (χ0n) is 15.5. The summed E-state index contributed by atoms with van der Waals surface area (Å²) in [4.78, 5) is 30.9. The van der Waals surface area contributed by atoms with Gasteiger partial charge in [0.05, 0.1) is 6.04 Å². The number of aryl methyl sites for hydroxylation is 2. The maximum absolute atomic E-state index is 12.4. The Morgan fingerprint density at radius 1 is 1.37 bits per heavy atom. The lowest BCUT2D eigenvalue weighted by Crippen LogP contribution is -2.43. The van der Waals surface area contributed by atoms with Gasteiger partial charge in [0.1, 0.15) is 12.1 Å². The lowest BCUT2D eigenvalue weighted by Gasteiger charge is -2.23. The number of carbonyl (C=O) groups excluding carboxylic acids is 2. The minimum absolute atomic E-state index is 0.0192. The Labute approximate surface area is 156 Å². The van der Waals surface area contributed by atoms with E-state index in [1.807, 2.05) is 6.92 Å². The van der Waals surface area contributed by atoms with Crippen LogP contribution in [-0.4, -0.2) is 73.6 Å². The van der Waals surface area contributed by atoms with Gasteiger partial charge in [-0.05, 0) is 37.1 Å². The van der Waals surface area contributed by atoms with Gasteiger partial charge in [0.15, 0.2) is 12.1 Å². The largest absolute Gasteiger partial charge is 0.448 e. The summed E-state index contributed by atoms with van der Waals surface area (Å²) >= 11 is 0. The standard InChI is InChI=1S/C16H24N8O3/c1-3-17-15(25)13-7-12(20-16(26)14-11(2)27-10-18-14)8-23(13)5-4-6-24-9-19-21-22-24/h9-10,12-13H,3-8H2,1-2H3,(H,17,25)(H,20,26)/t12-,13-/m0/s1. The molecule has 2 aromatic heterocycles. The Morgan fingerprint density at radius 3 is 2.89 bits per heavy atom. The first-order valence-electron chi connectivity index (χ1n) is 9.02. The van der Waals surface area contributed by atoms with E-state index in [1.165, 1.54) is 6.39 Å². The van der Waals surface area contributed by atoms with E-state index in [4.69, 9.17) is 4.42 Å². The number of oxazole rings is 1. The molecule has 1 aliphatic heterocycles. The number of rotatable bonds is 8. The summed E-state index contributed by atoms with van der Waals surface area (Å²) in [5.74, 6) is 0.176. The van der Waals surface area contributed by atoms with Crippen LogP contribution in [0.15, 0.2) is 17.1 Å². The van der Waals surface area contributed by atoms with Crippen molar-refractivity contribution in [1.29, 1.82) is 0 Å². The Balaban J connectivity index is 1.59. The molecule has 0 aliphatic carbocycles. The highest BCUT2D eigenvalue weighted by molar-refractivity contribution is 5.93. The van der Waals surface area contributed by atoms with Crippen LogP contribution in [0.2, 0.25) is 0 Å². The minimum Gasteiger partial charge on any atom is -0.448 e. The molecule has 1 aliphatic rings. The van der Waals surface area contributed by atoms with Gasteiger partial charge in [-0.25, -0.2) is 9.67 Å². The highest BCUT2D eigenvalue weighted by atomic mass is 16.3. The van der Waals surface area contributed by atoms with Crippen LogP contribution in [0.3, 0.4) is 0 Å². The zero-order chi connectivity index (χ0) is 19.2. The predicted molar refractivity (Wildman–Crippen MR) is 93.6 cm³/mol. The van der Waals surface area contributed by atoms with E-state index in [2.05, 4.69) is 36.0 Å². The van der Waals surface area contributed by atoms with Gasteiger partial charge < -0.3 is 15.1 Å². The first-order valence-corrected chi connectivity index (χ1v) is 9.02. The highest BCUT2D eigenvalue weighted by Crippen LogP contribution is 2.19. The molecule has 146 valence electrons. The van der Waals surface area contributed by atoms with Crippen LogP contribution in [0.25, 0.3) is 0 Å². The summed E-state index contributed by atoms with van der Waals surface area (Å²) in [7, 11) is 0. The van der Waals surface area contributed by atoms with E-state index in [0.717, 1.165) is 6.42 Å². The van der Waals surface area contributed by atoms with Crippen molar-refractivity contribution in [3.05, 3.63) is 24.2 Å². The van der Waals surface area contributed by atoms with E-state index in [0.29, 0.717) is 38.4 Å². The SMILES string of the molecule is CCNC(=O)[C@@H]1C[C@H](NC(=O)c2ncoc2C)CN1CCCn1cnnn1. The third kappa shape index (κ3) is 4.67. The van der Waals surface area contributed by atoms with E-state index >= 15 is 0 Å². The normalized spacial score (nSPS) is 19.9. The average molecular weight is 376 g/mol. The van der Waals surface area contributed by atoms with Gasteiger partial charge >= 0.3 is 0 Å². The Bertz CT molecular complexity index is 760. The molecule has 3 rings (SSSR count). The predicted octanol–water partition coefficient (Wildman–Crippen LogP) is -0.631. The molecule has 2 N–H and O–H groups in total.